The topological polar surface area (TPSA) is 17.8 Å². The largest absolute Gasteiger partial charge is 0.269 e. The number of halogens is 1. The van der Waals surface area contributed by atoms with Crippen LogP contribution in [-0.4, -0.2) is 9.78 Å². The Hall–Kier alpha value is -0.0600. The van der Waals surface area contributed by atoms with Crippen LogP contribution in [-0.2, 0) is 6.54 Å². The van der Waals surface area contributed by atoms with E-state index in [4.69, 9.17) is 0 Å². The minimum absolute atomic E-state index is 1.06. The highest BCUT2D eigenvalue weighted by Crippen LogP contribution is 2.15. The average molecular weight is 278 g/mol. The Morgan fingerprint density at radius 2 is 2.08 bits per heavy atom. The number of hydrogen-bond acceptors (Lipinski definition) is 1. The highest BCUT2D eigenvalue weighted by molar-refractivity contribution is 14.1. The Morgan fingerprint density at radius 1 is 1.42 bits per heavy atom. The molecule has 0 amide bonds. The molecule has 0 atom stereocenters. The third-order valence-electron chi connectivity index (χ3n) is 2.02. The average Bonchev–Trinajstić information content (AvgIpc) is 2.30. The van der Waals surface area contributed by atoms with E-state index in [1.807, 2.05) is 0 Å². The molecule has 0 fully saturated rings. The maximum Gasteiger partial charge on any atom is 0.0729 e. The van der Waals surface area contributed by atoms with Crippen LogP contribution in [0.4, 0.5) is 0 Å². The lowest BCUT2D eigenvalue weighted by Gasteiger charge is -2.01. The number of hydrogen-bond donors (Lipinski definition) is 0. The van der Waals surface area contributed by atoms with Gasteiger partial charge in [0.25, 0.3) is 0 Å². The van der Waals surface area contributed by atoms with E-state index < -0.39 is 0 Å². The second-order valence-electron chi connectivity index (χ2n) is 3.06. The predicted octanol–water partition coefficient (Wildman–Crippen LogP) is 2.90. The maximum absolute atomic E-state index is 4.46. The third-order valence-corrected chi connectivity index (χ3v) is 3.58. The molecule has 0 radical (unpaired) electrons. The quantitative estimate of drug-likeness (QED) is 0.777. The zero-order valence-electron chi connectivity index (χ0n) is 7.89. The van der Waals surface area contributed by atoms with E-state index in [-0.39, 0.29) is 0 Å². The van der Waals surface area contributed by atoms with Crippen molar-refractivity contribution in [2.75, 3.05) is 0 Å². The van der Waals surface area contributed by atoms with Crippen molar-refractivity contribution in [3.05, 3.63) is 15.0 Å². The molecule has 0 N–H and O–H groups in total. The smallest absolute Gasteiger partial charge is 0.0729 e. The van der Waals surface area contributed by atoms with Gasteiger partial charge in [-0.2, -0.15) is 5.10 Å². The Labute approximate surface area is 87.5 Å². The van der Waals surface area contributed by atoms with Crippen molar-refractivity contribution in [3.63, 3.8) is 0 Å². The first-order chi connectivity index (χ1) is 5.66. The minimum atomic E-state index is 1.06. The molecular formula is C9H15IN2. The second kappa shape index (κ2) is 4.25. The highest BCUT2D eigenvalue weighted by atomic mass is 127. The van der Waals surface area contributed by atoms with E-state index in [0.717, 1.165) is 12.2 Å². The lowest BCUT2D eigenvalue weighted by molar-refractivity contribution is 0.555. The van der Waals surface area contributed by atoms with Crippen LogP contribution in [0.25, 0.3) is 0 Å². The van der Waals surface area contributed by atoms with E-state index in [2.05, 4.69) is 53.1 Å². The van der Waals surface area contributed by atoms with Crippen LogP contribution in [0.2, 0.25) is 0 Å². The number of unbranched alkanes of at least 4 members (excludes halogenated alkanes) is 1. The van der Waals surface area contributed by atoms with Crippen molar-refractivity contribution in [3.8, 4) is 0 Å². The molecule has 0 unspecified atom stereocenters. The van der Waals surface area contributed by atoms with Gasteiger partial charge in [-0.05, 0) is 42.9 Å². The Morgan fingerprint density at radius 3 is 2.50 bits per heavy atom. The van der Waals surface area contributed by atoms with Crippen LogP contribution in [0.1, 0.15) is 31.2 Å². The van der Waals surface area contributed by atoms with Gasteiger partial charge in [0.15, 0.2) is 0 Å². The lowest BCUT2D eigenvalue weighted by atomic mass is 10.3. The molecule has 0 aliphatic carbocycles. The van der Waals surface area contributed by atoms with Gasteiger partial charge in [0, 0.05) is 12.2 Å². The van der Waals surface area contributed by atoms with Crippen LogP contribution < -0.4 is 0 Å². The van der Waals surface area contributed by atoms with Crippen LogP contribution in [0.3, 0.4) is 0 Å². The summed E-state index contributed by atoms with van der Waals surface area (Å²) in [6.07, 6.45) is 2.45. The summed E-state index contributed by atoms with van der Waals surface area (Å²) >= 11 is 2.36. The summed E-state index contributed by atoms with van der Waals surface area (Å²) in [6, 6.07) is 0. The summed E-state index contributed by atoms with van der Waals surface area (Å²) in [4.78, 5) is 0. The first-order valence-corrected chi connectivity index (χ1v) is 5.44. The third kappa shape index (κ3) is 2.00. The molecule has 0 aliphatic rings. The molecule has 1 rings (SSSR count). The minimum Gasteiger partial charge on any atom is -0.269 e. The van der Waals surface area contributed by atoms with Gasteiger partial charge in [0.1, 0.15) is 0 Å². The van der Waals surface area contributed by atoms with Crippen LogP contribution in [0.5, 0.6) is 0 Å². The molecule has 0 saturated heterocycles. The van der Waals surface area contributed by atoms with E-state index in [0.29, 0.717) is 0 Å². The van der Waals surface area contributed by atoms with Crippen molar-refractivity contribution >= 4 is 22.6 Å². The van der Waals surface area contributed by atoms with Crippen LogP contribution in [0.15, 0.2) is 0 Å². The molecule has 2 nitrogen and oxygen atoms in total. The second-order valence-corrected chi connectivity index (χ2v) is 4.14. The Balaban J connectivity index is 2.79. The van der Waals surface area contributed by atoms with E-state index in [1.165, 1.54) is 22.1 Å². The standard InChI is InChI=1S/C9H15IN2/c1-4-5-6-12-8(3)9(10)7(2)11-12/h4-6H2,1-3H3. The van der Waals surface area contributed by atoms with Gasteiger partial charge in [-0.15, -0.1) is 0 Å². The molecule has 3 heteroatoms. The van der Waals surface area contributed by atoms with Crippen molar-refractivity contribution < 1.29 is 0 Å². The molecule has 0 bridgehead atoms. The molecule has 12 heavy (non-hydrogen) atoms. The van der Waals surface area contributed by atoms with Crippen LogP contribution >= 0.6 is 22.6 Å². The summed E-state index contributed by atoms with van der Waals surface area (Å²) in [5.41, 5.74) is 2.46. The van der Waals surface area contributed by atoms with Gasteiger partial charge < -0.3 is 0 Å². The van der Waals surface area contributed by atoms with Gasteiger partial charge in [-0.25, -0.2) is 0 Å². The first kappa shape index (κ1) is 10.0. The summed E-state index contributed by atoms with van der Waals surface area (Å²) in [5.74, 6) is 0. The van der Waals surface area contributed by atoms with Crippen molar-refractivity contribution in [2.24, 2.45) is 0 Å². The normalized spacial score (nSPS) is 10.7. The Bertz CT molecular complexity index is 266. The molecular weight excluding hydrogens is 263 g/mol. The molecule has 0 aromatic carbocycles. The monoisotopic (exact) mass is 278 g/mol. The fourth-order valence-corrected chi connectivity index (χ4v) is 1.59. The maximum atomic E-state index is 4.46. The zero-order valence-corrected chi connectivity index (χ0v) is 10.1. The fourth-order valence-electron chi connectivity index (χ4n) is 1.20. The SMILES string of the molecule is CCCCn1nc(C)c(I)c1C. The Kier molecular flexibility index (Phi) is 3.55. The molecule has 0 aliphatic heterocycles. The van der Waals surface area contributed by atoms with E-state index >= 15 is 0 Å². The number of aromatic nitrogens is 2. The van der Waals surface area contributed by atoms with Crippen molar-refractivity contribution in [1.82, 2.24) is 9.78 Å². The fraction of sp³-hybridized carbons (Fsp3) is 0.667. The molecule has 1 aromatic heterocycles. The van der Waals surface area contributed by atoms with Gasteiger partial charge in [-0.1, -0.05) is 13.3 Å². The summed E-state index contributed by atoms with van der Waals surface area (Å²) in [5, 5.41) is 4.46. The van der Waals surface area contributed by atoms with Gasteiger partial charge in [-0.3, -0.25) is 4.68 Å². The number of rotatable bonds is 3. The van der Waals surface area contributed by atoms with Gasteiger partial charge in [0.2, 0.25) is 0 Å². The van der Waals surface area contributed by atoms with Crippen molar-refractivity contribution in [1.29, 1.82) is 0 Å². The van der Waals surface area contributed by atoms with Gasteiger partial charge in [0.05, 0.1) is 9.26 Å². The summed E-state index contributed by atoms with van der Waals surface area (Å²) in [6.45, 7) is 7.47. The van der Waals surface area contributed by atoms with Gasteiger partial charge >= 0.3 is 0 Å². The lowest BCUT2D eigenvalue weighted by Crippen LogP contribution is -2.02. The molecule has 0 saturated carbocycles. The van der Waals surface area contributed by atoms with Crippen molar-refractivity contribution in [2.45, 2.75) is 40.2 Å². The summed E-state index contributed by atoms with van der Waals surface area (Å²) < 4.78 is 3.42. The first-order valence-electron chi connectivity index (χ1n) is 4.36. The summed E-state index contributed by atoms with van der Waals surface area (Å²) in [7, 11) is 0. The molecule has 1 aromatic rings. The zero-order chi connectivity index (χ0) is 9.14. The number of aryl methyl sites for hydroxylation is 2. The van der Waals surface area contributed by atoms with E-state index in [9.17, 15) is 0 Å². The molecule has 1 heterocycles. The number of nitrogens with zero attached hydrogens (tertiary/aromatic N) is 2. The van der Waals surface area contributed by atoms with E-state index in [1.54, 1.807) is 0 Å². The molecule has 0 spiro atoms. The highest BCUT2D eigenvalue weighted by Gasteiger charge is 2.06. The predicted molar refractivity (Wildman–Crippen MR) is 59.3 cm³/mol. The van der Waals surface area contributed by atoms with Crippen LogP contribution in [0, 0.1) is 17.4 Å². The molecule has 68 valence electrons.